The molecular formula is C20H19Cl2N3O3. The van der Waals surface area contributed by atoms with Crippen LogP contribution in [0, 0.1) is 17.3 Å². The summed E-state index contributed by atoms with van der Waals surface area (Å²) in [5.41, 5.74) is -0.401. The van der Waals surface area contributed by atoms with E-state index in [4.69, 9.17) is 23.2 Å². The Kier molecular flexibility index (Phi) is 4.39. The molecule has 4 rings (SSSR count). The fourth-order valence-corrected chi connectivity index (χ4v) is 4.67. The number of rotatable bonds is 2. The molecule has 146 valence electrons. The minimum atomic E-state index is -0.809. The summed E-state index contributed by atoms with van der Waals surface area (Å²) >= 11 is 12.2. The summed E-state index contributed by atoms with van der Waals surface area (Å²) in [4.78, 5) is 41.0. The first kappa shape index (κ1) is 19.2. The van der Waals surface area contributed by atoms with Crippen LogP contribution in [0.15, 0.2) is 35.5 Å². The Labute approximate surface area is 172 Å². The van der Waals surface area contributed by atoms with Crippen molar-refractivity contribution < 1.29 is 14.4 Å². The molecule has 8 heteroatoms. The second-order valence-corrected chi connectivity index (χ2v) is 9.08. The van der Waals surface area contributed by atoms with E-state index in [-0.39, 0.29) is 22.4 Å². The molecule has 0 spiro atoms. The van der Waals surface area contributed by atoms with E-state index >= 15 is 0 Å². The van der Waals surface area contributed by atoms with Crippen LogP contribution in [0.25, 0.3) is 0 Å². The molecule has 3 aliphatic rings. The van der Waals surface area contributed by atoms with Crippen LogP contribution in [0.1, 0.15) is 20.8 Å². The third-order valence-corrected chi connectivity index (χ3v) is 5.99. The number of hydrazone groups is 1. The van der Waals surface area contributed by atoms with Gasteiger partial charge >= 0.3 is 0 Å². The number of amides is 2. The van der Waals surface area contributed by atoms with Gasteiger partial charge in [-0.2, -0.15) is 5.10 Å². The zero-order chi connectivity index (χ0) is 20.4. The summed E-state index contributed by atoms with van der Waals surface area (Å²) in [5, 5.41) is 6.55. The zero-order valence-corrected chi connectivity index (χ0v) is 17.1. The summed E-state index contributed by atoms with van der Waals surface area (Å²) in [6, 6.07) is 3.37. The largest absolute Gasteiger partial charge is 0.297 e. The molecule has 3 aliphatic heterocycles. The molecular weight excluding hydrogens is 401 g/mol. The average molecular weight is 420 g/mol. The fourth-order valence-electron chi connectivity index (χ4n) is 4.18. The Morgan fingerprint density at radius 3 is 2.43 bits per heavy atom. The number of allylic oxidation sites excluding steroid dienone is 1. The van der Waals surface area contributed by atoms with Crippen molar-refractivity contribution in [2.45, 2.75) is 32.9 Å². The van der Waals surface area contributed by atoms with Crippen molar-refractivity contribution in [3.8, 4) is 0 Å². The maximum absolute atomic E-state index is 13.4. The van der Waals surface area contributed by atoms with Crippen LogP contribution in [-0.2, 0) is 14.4 Å². The van der Waals surface area contributed by atoms with Gasteiger partial charge in [-0.05, 0) is 24.3 Å². The number of hydrogen-bond acceptors (Lipinski definition) is 5. The van der Waals surface area contributed by atoms with Crippen molar-refractivity contribution in [1.82, 2.24) is 5.01 Å². The Morgan fingerprint density at radius 2 is 1.79 bits per heavy atom. The van der Waals surface area contributed by atoms with Crippen LogP contribution in [-0.4, -0.2) is 40.9 Å². The lowest BCUT2D eigenvalue weighted by Gasteiger charge is -2.33. The lowest BCUT2D eigenvalue weighted by molar-refractivity contribution is -0.136. The highest BCUT2D eigenvalue weighted by molar-refractivity contribution is 6.38. The topological polar surface area (TPSA) is 70.0 Å². The molecule has 2 fully saturated rings. The van der Waals surface area contributed by atoms with Crippen LogP contribution < -0.4 is 4.90 Å². The normalized spacial score (nSPS) is 28.8. The van der Waals surface area contributed by atoms with Crippen molar-refractivity contribution in [3.05, 3.63) is 40.4 Å². The van der Waals surface area contributed by atoms with Crippen molar-refractivity contribution >= 4 is 52.7 Å². The standard InChI is InChI=1S/C20H19Cl2N3O3/c1-20(2,3)17(26)16-15-14(13-5-4-8-23-25(13)16)18(27)24(19(15)28)12-7-6-10(21)9-11(12)22/h4-9,13-16H,1-3H3/t13-,14-,15+,16-/m1/s1. The Morgan fingerprint density at radius 1 is 1.11 bits per heavy atom. The smallest absolute Gasteiger partial charge is 0.240 e. The van der Waals surface area contributed by atoms with Gasteiger partial charge in [0.05, 0.1) is 28.6 Å². The number of anilines is 1. The van der Waals surface area contributed by atoms with Gasteiger partial charge in [0, 0.05) is 16.7 Å². The lowest BCUT2D eigenvalue weighted by atomic mass is 9.80. The zero-order valence-electron chi connectivity index (χ0n) is 15.6. The van der Waals surface area contributed by atoms with E-state index in [0.29, 0.717) is 5.02 Å². The fraction of sp³-hybridized carbons (Fsp3) is 0.400. The van der Waals surface area contributed by atoms with E-state index in [1.54, 1.807) is 50.2 Å². The van der Waals surface area contributed by atoms with Gasteiger partial charge in [0.25, 0.3) is 0 Å². The Bertz CT molecular complexity index is 951. The van der Waals surface area contributed by atoms with Gasteiger partial charge in [-0.3, -0.25) is 19.4 Å². The van der Waals surface area contributed by atoms with Crippen LogP contribution in [0.3, 0.4) is 0 Å². The second kappa shape index (κ2) is 6.42. The molecule has 3 heterocycles. The van der Waals surface area contributed by atoms with Gasteiger partial charge in [0.2, 0.25) is 11.8 Å². The molecule has 6 nitrogen and oxygen atoms in total. The molecule has 0 aliphatic carbocycles. The Hall–Kier alpha value is -2.18. The number of halogens is 2. The van der Waals surface area contributed by atoms with Crippen LogP contribution in [0.4, 0.5) is 5.69 Å². The third-order valence-electron chi connectivity index (χ3n) is 5.45. The first-order valence-corrected chi connectivity index (χ1v) is 9.75. The van der Waals surface area contributed by atoms with E-state index in [1.165, 1.54) is 6.07 Å². The van der Waals surface area contributed by atoms with Crippen molar-refractivity contribution in [1.29, 1.82) is 0 Å². The molecule has 0 N–H and O–H groups in total. The highest BCUT2D eigenvalue weighted by Gasteiger charge is 2.64. The summed E-state index contributed by atoms with van der Waals surface area (Å²) in [6.45, 7) is 5.41. The van der Waals surface area contributed by atoms with E-state index in [0.717, 1.165) is 4.90 Å². The lowest BCUT2D eigenvalue weighted by Crippen LogP contribution is -2.49. The number of fused-ring (bicyclic) bond motifs is 3. The van der Waals surface area contributed by atoms with Gasteiger partial charge in [0.15, 0.2) is 5.78 Å². The molecule has 4 atom stereocenters. The summed E-state index contributed by atoms with van der Waals surface area (Å²) in [5.74, 6) is -2.43. The van der Waals surface area contributed by atoms with Crippen LogP contribution in [0.5, 0.6) is 0 Å². The maximum atomic E-state index is 13.4. The van der Waals surface area contributed by atoms with Crippen molar-refractivity contribution in [3.63, 3.8) is 0 Å². The number of nitrogens with zero attached hydrogens (tertiary/aromatic N) is 3. The highest BCUT2D eigenvalue weighted by atomic mass is 35.5. The summed E-state index contributed by atoms with van der Waals surface area (Å²) in [7, 11) is 0. The minimum Gasteiger partial charge on any atom is -0.297 e. The van der Waals surface area contributed by atoms with Gasteiger partial charge in [-0.25, -0.2) is 4.90 Å². The molecule has 28 heavy (non-hydrogen) atoms. The van der Waals surface area contributed by atoms with Gasteiger partial charge < -0.3 is 0 Å². The molecule has 0 radical (unpaired) electrons. The Balaban J connectivity index is 1.81. The maximum Gasteiger partial charge on any atom is 0.240 e. The molecule has 1 aromatic carbocycles. The predicted molar refractivity (Wildman–Crippen MR) is 107 cm³/mol. The predicted octanol–water partition coefficient (Wildman–Crippen LogP) is 3.32. The second-order valence-electron chi connectivity index (χ2n) is 8.24. The highest BCUT2D eigenvalue weighted by Crippen LogP contribution is 2.48. The molecule has 2 saturated heterocycles. The molecule has 2 amide bonds. The monoisotopic (exact) mass is 419 g/mol. The molecule has 0 bridgehead atoms. The van der Waals surface area contributed by atoms with Crippen LogP contribution >= 0.6 is 23.2 Å². The van der Waals surface area contributed by atoms with E-state index in [9.17, 15) is 14.4 Å². The third kappa shape index (κ3) is 2.70. The first-order chi connectivity index (χ1) is 13.1. The molecule has 0 aromatic heterocycles. The van der Waals surface area contributed by atoms with Crippen molar-refractivity contribution in [2.24, 2.45) is 22.4 Å². The van der Waals surface area contributed by atoms with E-state index in [2.05, 4.69) is 5.10 Å². The van der Waals surface area contributed by atoms with Crippen LogP contribution in [0.2, 0.25) is 10.0 Å². The summed E-state index contributed by atoms with van der Waals surface area (Å²) < 4.78 is 0. The van der Waals surface area contributed by atoms with Gasteiger partial charge in [0.1, 0.15) is 6.04 Å². The number of carbonyl (C=O) groups excluding carboxylic acids is 3. The number of hydrogen-bond donors (Lipinski definition) is 0. The van der Waals surface area contributed by atoms with E-state index in [1.807, 2.05) is 6.08 Å². The van der Waals surface area contributed by atoms with E-state index < -0.39 is 35.2 Å². The number of Topliss-reactive ketones (excluding diaryl/α,β-unsaturated/α-hetero) is 1. The SMILES string of the molecule is CC(C)(C)C(=O)[C@H]1[C@H]2C(=O)N(c3ccc(Cl)cc3Cl)C(=O)[C@@H]2[C@H]2C=CC=NN21. The van der Waals surface area contributed by atoms with Gasteiger partial charge in [-0.1, -0.05) is 50.0 Å². The summed E-state index contributed by atoms with van der Waals surface area (Å²) in [6.07, 6.45) is 5.12. The number of benzene rings is 1. The quantitative estimate of drug-likeness (QED) is 0.689. The first-order valence-electron chi connectivity index (χ1n) is 8.99. The number of carbonyl (C=O) groups is 3. The molecule has 0 unspecified atom stereocenters. The number of imide groups is 1. The average Bonchev–Trinajstić information content (AvgIpc) is 3.08. The number of ketones is 1. The molecule has 0 saturated carbocycles. The molecule has 1 aromatic rings. The van der Waals surface area contributed by atoms with Crippen molar-refractivity contribution in [2.75, 3.05) is 4.90 Å². The van der Waals surface area contributed by atoms with Gasteiger partial charge in [-0.15, -0.1) is 0 Å². The minimum absolute atomic E-state index is 0.123.